The van der Waals surface area contributed by atoms with Gasteiger partial charge < -0.3 is 5.73 Å². The van der Waals surface area contributed by atoms with Crippen LogP contribution in [0.4, 0.5) is 10.1 Å². The van der Waals surface area contributed by atoms with E-state index < -0.39 is 5.82 Å². The number of hydrogen-bond donors (Lipinski definition) is 2. The number of aryl methyl sites for hydroxylation is 1. The molecule has 0 radical (unpaired) electrons. The van der Waals surface area contributed by atoms with Crippen LogP contribution in [0.3, 0.4) is 0 Å². The average Bonchev–Trinajstić information content (AvgIpc) is 2.76. The van der Waals surface area contributed by atoms with Crippen molar-refractivity contribution in [2.75, 3.05) is 5.73 Å². The fraction of sp³-hybridized carbons (Fsp3) is 0.0833. The Kier molecular flexibility index (Phi) is 2.34. The molecule has 2 aromatic heterocycles. The van der Waals surface area contributed by atoms with Crippen LogP contribution in [0.1, 0.15) is 5.69 Å². The molecule has 1 aromatic carbocycles. The lowest BCUT2D eigenvalue weighted by Gasteiger charge is -1.99. The highest BCUT2D eigenvalue weighted by molar-refractivity contribution is 5.62. The lowest BCUT2D eigenvalue weighted by atomic mass is 10.2. The van der Waals surface area contributed by atoms with Gasteiger partial charge >= 0.3 is 0 Å². The van der Waals surface area contributed by atoms with Crippen molar-refractivity contribution in [3.8, 4) is 11.4 Å². The van der Waals surface area contributed by atoms with Crippen LogP contribution in [0.5, 0.6) is 0 Å². The second-order valence-corrected chi connectivity index (χ2v) is 4.18. The van der Waals surface area contributed by atoms with Crippen molar-refractivity contribution in [3.63, 3.8) is 0 Å². The molecule has 3 aromatic rings. The van der Waals surface area contributed by atoms with Crippen molar-refractivity contribution < 1.29 is 4.39 Å². The van der Waals surface area contributed by atoms with Gasteiger partial charge in [-0.05, 0) is 25.1 Å². The van der Waals surface area contributed by atoms with Crippen LogP contribution < -0.4 is 11.3 Å². The first kappa shape index (κ1) is 11.4. The zero-order valence-corrected chi connectivity index (χ0v) is 10.0. The van der Waals surface area contributed by atoms with Crippen molar-refractivity contribution in [2.24, 2.45) is 0 Å². The third-order valence-electron chi connectivity index (χ3n) is 2.73. The second-order valence-electron chi connectivity index (χ2n) is 4.18. The number of nitrogens with zero attached hydrogens (tertiary/aromatic N) is 3. The van der Waals surface area contributed by atoms with Crippen LogP contribution in [0.2, 0.25) is 0 Å². The number of nitrogen functional groups attached to an aromatic ring is 1. The van der Waals surface area contributed by atoms with E-state index in [4.69, 9.17) is 5.73 Å². The maximum atomic E-state index is 13.1. The molecule has 0 saturated heterocycles. The molecule has 0 amide bonds. The average molecular weight is 259 g/mol. The molecule has 0 fully saturated rings. The fourth-order valence-electron chi connectivity index (χ4n) is 1.81. The SMILES string of the molecule is Cc1cc(=O)n2[nH]c(-c3ccc(F)c(N)c3)nc2n1. The number of fused-ring (bicyclic) bond motifs is 1. The highest BCUT2D eigenvalue weighted by Crippen LogP contribution is 2.20. The van der Waals surface area contributed by atoms with Crippen LogP contribution in [-0.2, 0) is 0 Å². The lowest BCUT2D eigenvalue weighted by Crippen LogP contribution is -2.14. The molecule has 96 valence electrons. The van der Waals surface area contributed by atoms with Crippen LogP contribution >= 0.6 is 0 Å². The third kappa shape index (κ3) is 1.85. The minimum absolute atomic E-state index is 0.0226. The van der Waals surface area contributed by atoms with Crippen LogP contribution in [-0.4, -0.2) is 19.6 Å². The molecule has 0 unspecified atom stereocenters. The highest BCUT2D eigenvalue weighted by Gasteiger charge is 2.09. The van der Waals surface area contributed by atoms with E-state index in [1.165, 1.54) is 28.8 Å². The summed E-state index contributed by atoms with van der Waals surface area (Å²) in [6, 6.07) is 5.62. The normalized spacial score (nSPS) is 11.1. The van der Waals surface area contributed by atoms with E-state index in [1.54, 1.807) is 6.92 Å². The summed E-state index contributed by atoms with van der Waals surface area (Å²) in [5, 5.41) is 2.81. The van der Waals surface area contributed by atoms with Gasteiger partial charge in [0.1, 0.15) is 5.82 Å². The molecule has 0 aliphatic heterocycles. The largest absolute Gasteiger partial charge is 0.396 e. The molecule has 19 heavy (non-hydrogen) atoms. The van der Waals surface area contributed by atoms with E-state index in [9.17, 15) is 9.18 Å². The van der Waals surface area contributed by atoms with Crippen molar-refractivity contribution >= 4 is 11.5 Å². The third-order valence-corrected chi connectivity index (χ3v) is 2.73. The number of anilines is 1. The van der Waals surface area contributed by atoms with Gasteiger partial charge in [0.05, 0.1) is 5.69 Å². The Balaban J connectivity index is 2.23. The monoisotopic (exact) mass is 259 g/mol. The first-order chi connectivity index (χ1) is 9.04. The number of rotatable bonds is 1. The summed E-state index contributed by atoms with van der Waals surface area (Å²) in [6.07, 6.45) is 0. The van der Waals surface area contributed by atoms with Gasteiger partial charge in [-0.1, -0.05) is 0 Å². The highest BCUT2D eigenvalue weighted by atomic mass is 19.1. The summed E-state index contributed by atoms with van der Waals surface area (Å²) in [5.41, 5.74) is 6.44. The standard InChI is InChI=1S/C12H10FN5O/c1-6-4-10(19)18-12(15-6)16-11(17-18)7-2-3-8(13)9(14)5-7/h2-5H,14H2,1H3,(H,15,16,17). The predicted octanol–water partition coefficient (Wildman–Crippen LogP) is 1.11. The van der Waals surface area contributed by atoms with E-state index >= 15 is 0 Å². The van der Waals surface area contributed by atoms with Crippen molar-refractivity contribution in [1.29, 1.82) is 0 Å². The van der Waals surface area contributed by atoms with E-state index in [0.29, 0.717) is 17.1 Å². The summed E-state index contributed by atoms with van der Waals surface area (Å²) in [5.74, 6) is 0.177. The first-order valence-electron chi connectivity index (χ1n) is 5.56. The lowest BCUT2D eigenvalue weighted by molar-refractivity contribution is 0.632. The Labute approximate surface area is 106 Å². The van der Waals surface area contributed by atoms with E-state index in [2.05, 4.69) is 15.1 Å². The Hall–Kier alpha value is -2.70. The predicted molar refractivity (Wildman–Crippen MR) is 68.2 cm³/mol. The molecule has 7 heteroatoms. The molecule has 6 nitrogen and oxygen atoms in total. The van der Waals surface area contributed by atoms with Crippen molar-refractivity contribution in [1.82, 2.24) is 19.6 Å². The number of halogens is 1. The first-order valence-corrected chi connectivity index (χ1v) is 5.56. The Morgan fingerprint density at radius 3 is 2.84 bits per heavy atom. The minimum atomic E-state index is -0.494. The minimum Gasteiger partial charge on any atom is -0.396 e. The molecular formula is C12H10FN5O. The molecule has 0 aliphatic carbocycles. The van der Waals surface area contributed by atoms with Crippen LogP contribution in [0, 0.1) is 12.7 Å². The molecule has 3 rings (SSSR count). The quantitative estimate of drug-likeness (QED) is 0.641. The number of aromatic amines is 1. The number of nitrogens with two attached hydrogens (primary N) is 1. The van der Waals surface area contributed by atoms with Crippen molar-refractivity contribution in [3.05, 3.63) is 46.1 Å². The molecular weight excluding hydrogens is 249 g/mol. The molecule has 0 saturated carbocycles. The van der Waals surface area contributed by atoms with E-state index in [-0.39, 0.29) is 17.0 Å². The van der Waals surface area contributed by atoms with Gasteiger partial charge in [-0.15, -0.1) is 0 Å². The molecule has 0 bridgehead atoms. The van der Waals surface area contributed by atoms with Gasteiger partial charge in [0.15, 0.2) is 5.82 Å². The smallest absolute Gasteiger partial charge is 0.274 e. The molecule has 0 aliphatic rings. The molecule has 3 N–H and O–H groups in total. The number of benzene rings is 1. The molecule has 2 heterocycles. The summed E-state index contributed by atoms with van der Waals surface area (Å²) >= 11 is 0. The molecule has 0 atom stereocenters. The Bertz CT molecular complexity index is 836. The van der Waals surface area contributed by atoms with Crippen molar-refractivity contribution in [2.45, 2.75) is 6.92 Å². The number of aromatic nitrogens is 4. The van der Waals surface area contributed by atoms with Gasteiger partial charge in [-0.2, -0.15) is 9.50 Å². The number of hydrogen-bond acceptors (Lipinski definition) is 4. The summed E-state index contributed by atoms with van der Waals surface area (Å²) in [4.78, 5) is 20.1. The number of H-pyrrole nitrogens is 1. The zero-order chi connectivity index (χ0) is 13.6. The van der Waals surface area contributed by atoms with Crippen LogP contribution in [0.15, 0.2) is 29.1 Å². The summed E-state index contributed by atoms with van der Waals surface area (Å²) in [6.45, 7) is 1.71. The van der Waals surface area contributed by atoms with E-state index in [1.807, 2.05) is 0 Å². The van der Waals surface area contributed by atoms with Gasteiger partial charge in [0.2, 0.25) is 0 Å². The molecule has 0 spiro atoms. The Morgan fingerprint density at radius 1 is 1.32 bits per heavy atom. The fourth-order valence-corrected chi connectivity index (χ4v) is 1.81. The topological polar surface area (TPSA) is 89.1 Å². The Morgan fingerprint density at radius 2 is 2.11 bits per heavy atom. The van der Waals surface area contributed by atoms with E-state index in [0.717, 1.165) is 0 Å². The maximum absolute atomic E-state index is 13.1. The van der Waals surface area contributed by atoms with Gasteiger partial charge in [0, 0.05) is 17.3 Å². The van der Waals surface area contributed by atoms with Gasteiger partial charge in [-0.25, -0.2) is 9.37 Å². The maximum Gasteiger partial charge on any atom is 0.274 e. The van der Waals surface area contributed by atoms with Crippen LogP contribution in [0.25, 0.3) is 17.2 Å². The summed E-state index contributed by atoms with van der Waals surface area (Å²) < 4.78 is 14.3. The van der Waals surface area contributed by atoms with Gasteiger partial charge in [-0.3, -0.25) is 9.89 Å². The summed E-state index contributed by atoms with van der Waals surface area (Å²) in [7, 11) is 0. The number of nitrogens with one attached hydrogen (secondary N) is 1. The van der Waals surface area contributed by atoms with Gasteiger partial charge in [0.25, 0.3) is 11.3 Å². The second kappa shape index (κ2) is 3.91. The zero-order valence-electron chi connectivity index (χ0n) is 10.0.